The quantitative estimate of drug-likeness (QED) is 0.573. The fraction of sp³-hybridized carbons (Fsp3) is 0.190. The Balaban J connectivity index is 1.81. The molecule has 0 unspecified atom stereocenters. The van der Waals surface area contributed by atoms with E-state index in [-0.39, 0.29) is 12.4 Å². The number of rotatable bonds is 6. The van der Waals surface area contributed by atoms with Crippen LogP contribution in [0.4, 0.5) is 0 Å². The van der Waals surface area contributed by atoms with Crippen molar-refractivity contribution in [1.82, 2.24) is 4.57 Å². The molecule has 0 saturated carbocycles. The molecule has 3 aromatic rings. The summed E-state index contributed by atoms with van der Waals surface area (Å²) in [7, 11) is 1.64. The van der Waals surface area contributed by atoms with Gasteiger partial charge in [-0.3, -0.25) is 4.79 Å². The van der Waals surface area contributed by atoms with Crippen LogP contribution in [0.15, 0.2) is 54.6 Å². The summed E-state index contributed by atoms with van der Waals surface area (Å²) in [4.78, 5) is 12.6. The number of nitrogens with zero attached hydrogens (tertiary/aromatic N) is 1. The third-order valence-corrected chi connectivity index (χ3v) is 4.46. The molecule has 3 rings (SSSR count). The van der Waals surface area contributed by atoms with Gasteiger partial charge in [-0.1, -0.05) is 17.7 Å². The maximum absolute atomic E-state index is 12.6. The molecule has 1 aromatic heterocycles. The van der Waals surface area contributed by atoms with Crippen LogP contribution >= 0.6 is 11.6 Å². The van der Waals surface area contributed by atoms with Crippen LogP contribution in [0.5, 0.6) is 11.5 Å². The highest BCUT2D eigenvalue weighted by Gasteiger charge is 2.17. The summed E-state index contributed by atoms with van der Waals surface area (Å²) in [5, 5.41) is 0.577. The molecule has 1 heterocycles. The number of hydrogen-bond donors (Lipinski definition) is 0. The first kappa shape index (κ1) is 18.1. The van der Waals surface area contributed by atoms with Crippen LogP contribution in [0.2, 0.25) is 5.02 Å². The van der Waals surface area contributed by atoms with Crippen LogP contribution in [0.25, 0.3) is 5.69 Å². The Kier molecular flexibility index (Phi) is 5.33. The number of halogens is 1. The number of hydrogen-bond acceptors (Lipinski definition) is 3. The lowest BCUT2D eigenvalue weighted by Gasteiger charge is -2.11. The molecule has 26 heavy (non-hydrogen) atoms. The van der Waals surface area contributed by atoms with Crippen molar-refractivity contribution in [3.8, 4) is 17.2 Å². The molecular weight excluding hydrogens is 350 g/mol. The Hall–Kier alpha value is -2.72. The predicted molar refractivity (Wildman–Crippen MR) is 103 cm³/mol. The normalized spacial score (nSPS) is 10.6. The fourth-order valence-electron chi connectivity index (χ4n) is 2.96. The van der Waals surface area contributed by atoms with Gasteiger partial charge in [0.15, 0.2) is 6.61 Å². The summed E-state index contributed by atoms with van der Waals surface area (Å²) in [5.74, 6) is 1.30. The molecule has 0 bridgehead atoms. The Labute approximate surface area is 157 Å². The van der Waals surface area contributed by atoms with E-state index in [0.29, 0.717) is 16.3 Å². The molecule has 0 amide bonds. The first-order valence-electron chi connectivity index (χ1n) is 8.24. The average molecular weight is 370 g/mol. The largest absolute Gasteiger partial charge is 0.497 e. The monoisotopic (exact) mass is 369 g/mol. The summed E-state index contributed by atoms with van der Waals surface area (Å²) in [5.41, 5.74) is 3.50. The third-order valence-electron chi connectivity index (χ3n) is 4.23. The van der Waals surface area contributed by atoms with E-state index in [2.05, 4.69) is 0 Å². The maximum Gasteiger partial charge on any atom is 0.202 e. The van der Waals surface area contributed by atoms with Gasteiger partial charge in [-0.2, -0.15) is 0 Å². The molecule has 2 aromatic carbocycles. The molecule has 0 radical (unpaired) electrons. The zero-order chi connectivity index (χ0) is 18.7. The van der Waals surface area contributed by atoms with Crippen LogP contribution < -0.4 is 9.47 Å². The van der Waals surface area contributed by atoms with Gasteiger partial charge in [0.25, 0.3) is 0 Å². The van der Waals surface area contributed by atoms with Crippen molar-refractivity contribution < 1.29 is 14.3 Å². The third kappa shape index (κ3) is 3.75. The smallest absolute Gasteiger partial charge is 0.202 e. The topological polar surface area (TPSA) is 40.5 Å². The highest BCUT2D eigenvalue weighted by Crippen LogP contribution is 2.24. The van der Waals surface area contributed by atoms with E-state index in [9.17, 15) is 4.79 Å². The number of methoxy groups -OCH3 is 1. The van der Waals surface area contributed by atoms with Gasteiger partial charge in [0.05, 0.1) is 7.11 Å². The van der Waals surface area contributed by atoms with Gasteiger partial charge in [-0.05, 0) is 62.4 Å². The second-order valence-electron chi connectivity index (χ2n) is 5.99. The lowest BCUT2D eigenvalue weighted by molar-refractivity contribution is 0.0921. The van der Waals surface area contributed by atoms with Crippen molar-refractivity contribution in [2.24, 2.45) is 0 Å². The highest BCUT2D eigenvalue weighted by molar-refractivity contribution is 6.30. The number of Topliss-reactive ketones (excluding diaryl/α,β-unsaturated/α-hetero) is 1. The molecule has 0 atom stereocenters. The first-order valence-corrected chi connectivity index (χ1v) is 8.62. The van der Waals surface area contributed by atoms with Crippen molar-refractivity contribution in [3.05, 3.63) is 76.6 Å². The van der Waals surface area contributed by atoms with Crippen LogP contribution in [-0.4, -0.2) is 24.1 Å². The highest BCUT2D eigenvalue weighted by atomic mass is 35.5. The van der Waals surface area contributed by atoms with Gasteiger partial charge < -0.3 is 14.0 Å². The second-order valence-corrected chi connectivity index (χ2v) is 6.42. The minimum Gasteiger partial charge on any atom is -0.497 e. The second kappa shape index (κ2) is 7.67. The van der Waals surface area contributed by atoms with Crippen molar-refractivity contribution in [1.29, 1.82) is 0 Å². The van der Waals surface area contributed by atoms with E-state index in [1.54, 1.807) is 31.4 Å². The molecule has 0 aliphatic rings. The van der Waals surface area contributed by atoms with E-state index < -0.39 is 0 Å². The molecule has 0 aliphatic carbocycles. The van der Waals surface area contributed by atoms with Crippen molar-refractivity contribution in [3.63, 3.8) is 0 Å². The SMILES string of the molecule is COc1ccc(-n2c(C)cc(C(=O)COc3cccc(Cl)c3)c2C)cc1. The Morgan fingerprint density at radius 3 is 2.42 bits per heavy atom. The summed E-state index contributed by atoms with van der Waals surface area (Å²) >= 11 is 5.94. The van der Waals surface area contributed by atoms with E-state index in [4.69, 9.17) is 21.1 Å². The van der Waals surface area contributed by atoms with Crippen molar-refractivity contribution in [2.75, 3.05) is 13.7 Å². The average Bonchev–Trinajstić information content (AvgIpc) is 2.94. The van der Waals surface area contributed by atoms with Crippen LogP contribution in [-0.2, 0) is 0 Å². The summed E-state index contributed by atoms with van der Waals surface area (Å²) in [6, 6.07) is 16.6. The summed E-state index contributed by atoms with van der Waals surface area (Å²) in [6.45, 7) is 3.88. The number of ketones is 1. The minimum absolute atomic E-state index is 0.0345. The number of aryl methyl sites for hydroxylation is 1. The molecule has 0 fully saturated rings. The van der Waals surface area contributed by atoms with Crippen molar-refractivity contribution >= 4 is 17.4 Å². The number of ether oxygens (including phenoxy) is 2. The molecule has 5 heteroatoms. The van der Waals surface area contributed by atoms with Gasteiger partial charge in [-0.25, -0.2) is 0 Å². The molecule has 134 valence electrons. The lowest BCUT2D eigenvalue weighted by Crippen LogP contribution is -2.12. The van der Waals surface area contributed by atoms with E-state index >= 15 is 0 Å². The lowest BCUT2D eigenvalue weighted by atomic mass is 10.1. The van der Waals surface area contributed by atoms with E-state index in [0.717, 1.165) is 22.8 Å². The molecule has 4 nitrogen and oxygen atoms in total. The molecule has 0 aliphatic heterocycles. The van der Waals surface area contributed by atoms with E-state index in [1.165, 1.54) is 0 Å². The Bertz CT molecular complexity index is 929. The number of carbonyl (C=O) groups is 1. The van der Waals surface area contributed by atoms with Crippen molar-refractivity contribution in [2.45, 2.75) is 13.8 Å². The van der Waals surface area contributed by atoms with E-state index in [1.807, 2.05) is 48.7 Å². The molecule has 0 N–H and O–H groups in total. The number of carbonyl (C=O) groups excluding carboxylic acids is 1. The van der Waals surface area contributed by atoms with Crippen LogP contribution in [0.3, 0.4) is 0 Å². The molecular formula is C21H20ClNO3. The zero-order valence-corrected chi connectivity index (χ0v) is 15.7. The van der Waals surface area contributed by atoms with Gasteiger partial charge in [0, 0.05) is 27.7 Å². The van der Waals surface area contributed by atoms with Gasteiger partial charge in [0.2, 0.25) is 5.78 Å². The standard InChI is InChI=1S/C21H20ClNO3/c1-14-11-20(21(24)13-26-19-6-4-5-16(22)12-19)15(2)23(14)17-7-9-18(25-3)10-8-17/h4-12H,13H2,1-3H3. The summed E-state index contributed by atoms with van der Waals surface area (Å²) < 4.78 is 12.8. The zero-order valence-electron chi connectivity index (χ0n) is 15.0. The molecule has 0 spiro atoms. The Morgan fingerprint density at radius 1 is 1.04 bits per heavy atom. The predicted octanol–water partition coefficient (Wildman–Crippen LogP) is 5.02. The fourth-order valence-corrected chi connectivity index (χ4v) is 3.14. The van der Waals surface area contributed by atoms with Crippen LogP contribution in [0, 0.1) is 13.8 Å². The number of aromatic nitrogens is 1. The first-order chi connectivity index (χ1) is 12.5. The Morgan fingerprint density at radius 2 is 1.77 bits per heavy atom. The number of benzene rings is 2. The van der Waals surface area contributed by atoms with Gasteiger partial charge >= 0.3 is 0 Å². The van der Waals surface area contributed by atoms with Gasteiger partial charge in [0.1, 0.15) is 11.5 Å². The summed E-state index contributed by atoms with van der Waals surface area (Å²) in [6.07, 6.45) is 0. The van der Waals surface area contributed by atoms with Crippen LogP contribution in [0.1, 0.15) is 21.7 Å². The molecule has 0 saturated heterocycles. The van der Waals surface area contributed by atoms with Gasteiger partial charge in [-0.15, -0.1) is 0 Å². The maximum atomic E-state index is 12.6. The minimum atomic E-state index is -0.0714.